The van der Waals surface area contributed by atoms with Gasteiger partial charge in [-0.3, -0.25) is 5.43 Å². The molecule has 3 rings (SSSR count). The molecule has 1 aliphatic rings. The number of benzene rings is 2. The van der Waals surface area contributed by atoms with Gasteiger partial charge < -0.3 is 39.4 Å². The number of methoxy groups -OCH3 is 1. The van der Waals surface area contributed by atoms with E-state index in [0.717, 1.165) is 5.56 Å². The Labute approximate surface area is 233 Å². The largest absolute Gasteiger partial charge is 0.490 e. The standard InChI is InChI=1S/C28H36N4O8/c1-6-37-20-11-9-18(13-22(20)38-7-2)15-29-32-24(33)16-40-21-12-10-19(14-23(21)39-8-3)26-25(27(34)36-5)17(4)30-28(35)31-26/h9-15,24,26,32-33H,6-8,16H2,1-5H3,(H2,30,31,35)/b29-15-/t24-,26-/m0/s1. The third kappa shape index (κ3) is 7.79. The fourth-order valence-electron chi connectivity index (χ4n) is 3.97. The summed E-state index contributed by atoms with van der Waals surface area (Å²) in [6.07, 6.45) is 0.420. The molecule has 1 heterocycles. The first kappa shape index (κ1) is 30.1. The van der Waals surface area contributed by atoms with Crippen LogP contribution in [0.1, 0.15) is 44.9 Å². The molecule has 40 heavy (non-hydrogen) atoms. The topological polar surface area (TPSA) is 149 Å². The first-order valence-corrected chi connectivity index (χ1v) is 12.9. The fraction of sp³-hybridized carbons (Fsp3) is 0.393. The first-order chi connectivity index (χ1) is 19.3. The molecule has 2 amide bonds. The fourth-order valence-corrected chi connectivity index (χ4v) is 3.97. The summed E-state index contributed by atoms with van der Waals surface area (Å²) < 4.78 is 27.6. The predicted octanol–water partition coefficient (Wildman–Crippen LogP) is 3.00. The van der Waals surface area contributed by atoms with Gasteiger partial charge in [0.05, 0.1) is 44.8 Å². The van der Waals surface area contributed by atoms with Crippen molar-refractivity contribution in [3.63, 3.8) is 0 Å². The lowest BCUT2D eigenvalue weighted by molar-refractivity contribution is -0.136. The van der Waals surface area contributed by atoms with Gasteiger partial charge in [-0.1, -0.05) is 6.07 Å². The highest BCUT2D eigenvalue weighted by molar-refractivity contribution is 5.95. The van der Waals surface area contributed by atoms with Crippen molar-refractivity contribution in [1.82, 2.24) is 16.1 Å². The summed E-state index contributed by atoms with van der Waals surface area (Å²) in [5.74, 6) is 1.43. The van der Waals surface area contributed by atoms with Gasteiger partial charge in [0.25, 0.3) is 0 Å². The van der Waals surface area contributed by atoms with Gasteiger partial charge in [0.1, 0.15) is 6.61 Å². The Bertz CT molecular complexity index is 1250. The zero-order valence-corrected chi connectivity index (χ0v) is 23.3. The zero-order valence-electron chi connectivity index (χ0n) is 23.3. The minimum Gasteiger partial charge on any atom is -0.490 e. The number of amides is 2. The molecule has 216 valence electrons. The van der Waals surface area contributed by atoms with Gasteiger partial charge >= 0.3 is 12.0 Å². The van der Waals surface area contributed by atoms with Crippen LogP contribution in [0.5, 0.6) is 23.0 Å². The Morgan fingerprint density at radius 3 is 2.30 bits per heavy atom. The number of aliphatic hydroxyl groups excluding tert-OH is 1. The smallest absolute Gasteiger partial charge is 0.337 e. The van der Waals surface area contributed by atoms with Gasteiger partial charge in [-0.05, 0) is 69.2 Å². The number of hydrogen-bond donors (Lipinski definition) is 4. The normalized spacial score (nSPS) is 15.7. The van der Waals surface area contributed by atoms with Gasteiger partial charge in [0.2, 0.25) is 0 Å². The molecule has 0 fully saturated rings. The number of carbonyl (C=O) groups excluding carboxylic acids is 2. The highest BCUT2D eigenvalue weighted by Gasteiger charge is 2.32. The highest BCUT2D eigenvalue weighted by atomic mass is 16.5. The molecule has 12 nitrogen and oxygen atoms in total. The van der Waals surface area contributed by atoms with E-state index in [0.29, 0.717) is 54.1 Å². The Hall–Kier alpha value is -4.45. The minimum atomic E-state index is -1.13. The van der Waals surface area contributed by atoms with Gasteiger partial charge in [-0.15, -0.1) is 0 Å². The van der Waals surface area contributed by atoms with Gasteiger partial charge in [0, 0.05) is 5.70 Å². The summed E-state index contributed by atoms with van der Waals surface area (Å²) in [6, 6.07) is 9.24. The van der Waals surface area contributed by atoms with Gasteiger partial charge in [0.15, 0.2) is 29.2 Å². The monoisotopic (exact) mass is 556 g/mol. The van der Waals surface area contributed by atoms with Crippen molar-refractivity contribution in [2.24, 2.45) is 5.10 Å². The molecule has 0 saturated carbocycles. The van der Waals surface area contributed by atoms with E-state index in [4.69, 9.17) is 23.7 Å². The second-order valence-electron chi connectivity index (χ2n) is 8.49. The van der Waals surface area contributed by atoms with Crippen molar-refractivity contribution in [2.75, 3.05) is 33.5 Å². The number of ether oxygens (including phenoxy) is 5. The number of urea groups is 1. The van der Waals surface area contributed by atoms with Crippen LogP contribution in [0.2, 0.25) is 0 Å². The van der Waals surface area contributed by atoms with Crippen molar-refractivity contribution in [3.05, 3.63) is 58.8 Å². The summed E-state index contributed by atoms with van der Waals surface area (Å²) in [4.78, 5) is 24.5. The van der Waals surface area contributed by atoms with Crippen molar-refractivity contribution >= 4 is 18.2 Å². The van der Waals surface area contributed by atoms with Crippen LogP contribution in [0.25, 0.3) is 0 Å². The second-order valence-corrected chi connectivity index (χ2v) is 8.49. The van der Waals surface area contributed by atoms with Crippen LogP contribution in [0, 0.1) is 0 Å². The number of nitrogens with one attached hydrogen (secondary N) is 3. The molecule has 0 unspecified atom stereocenters. The Kier molecular flexibility index (Phi) is 11.0. The van der Waals surface area contributed by atoms with Gasteiger partial charge in [-0.25, -0.2) is 9.59 Å². The molecular formula is C28H36N4O8. The third-order valence-electron chi connectivity index (χ3n) is 5.68. The molecule has 2 atom stereocenters. The molecule has 4 N–H and O–H groups in total. The molecular weight excluding hydrogens is 520 g/mol. The molecule has 0 bridgehead atoms. The quantitative estimate of drug-likeness (QED) is 0.119. The van der Waals surface area contributed by atoms with E-state index in [1.807, 2.05) is 26.8 Å². The molecule has 0 aromatic heterocycles. The number of allylic oxidation sites excluding steroid dienone is 1. The third-order valence-corrected chi connectivity index (χ3v) is 5.68. The number of nitrogens with zero attached hydrogens (tertiary/aromatic N) is 1. The van der Waals surface area contributed by atoms with E-state index in [1.165, 1.54) is 7.11 Å². The Morgan fingerprint density at radius 1 is 1.00 bits per heavy atom. The summed E-state index contributed by atoms with van der Waals surface area (Å²) in [5.41, 5.74) is 4.63. The second kappa shape index (κ2) is 14.6. The van der Waals surface area contributed by atoms with E-state index in [2.05, 4.69) is 21.2 Å². The number of hydrogen-bond acceptors (Lipinski definition) is 10. The molecule has 12 heteroatoms. The van der Waals surface area contributed by atoms with Crippen LogP contribution in [0.3, 0.4) is 0 Å². The summed E-state index contributed by atoms with van der Waals surface area (Å²) >= 11 is 0. The summed E-state index contributed by atoms with van der Waals surface area (Å²) in [6.45, 7) is 8.46. The molecule has 2 aromatic rings. The average Bonchev–Trinajstić information content (AvgIpc) is 2.93. The maximum atomic E-state index is 12.4. The molecule has 1 aliphatic heterocycles. The molecule has 0 spiro atoms. The maximum absolute atomic E-state index is 12.4. The number of carbonyl (C=O) groups is 2. The summed E-state index contributed by atoms with van der Waals surface area (Å²) in [7, 11) is 1.28. The van der Waals surface area contributed by atoms with Crippen molar-refractivity contribution in [3.8, 4) is 23.0 Å². The average molecular weight is 557 g/mol. The number of rotatable bonds is 14. The molecule has 2 aromatic carbocycles. The number of esters is 1. The van der Waals surface area contributed by atoms with E-state index < -0.39 is 24.3 Å². The number of aliphatic hydroxyl groups is 1. The van der Waals surface area contributed by atoms with Crippen molar-refractivity contribution < 1.29 is 38.4 Å². The van der Waals surface area contributed by atoms with E-state index in [-0.39, 0.29) is 12.2 Å². The lowest BCUT2D eigenvalue weighted by Crippen LogP contribution is -2.45. The van der Waals surface area contributed by atoms with Gasteiger partial charge in [-0.2, -0.15) is 5.10 Å². The molecule has 0 radical (unpaired) electrons. The highest BCUT2D eigenvalue weighted by Crippen LogP contribution is 2.35. The van der Waals surface area contributed by atoms with Crippen LogP contribution in [-0.4, -0.2) is 63.1 Å². The van der Waals surface area contributed by atoms with Crippen LogP contribution >= 0.6 is 0 Å². The van der Waals surface area contributed by atoms with Crippen LogP contribution in [-0.2, 0) is 9.53 Å². The van der Waals surface area contributed by atoms with E-state index in [1.54, 1.807) is 43.5 Å². The minimum absolute atomic E-state index is 0.138. The molecule has 0 saturated heterocycles. The van der Waals surface area contributed by atoms with Crippen molar-refractivity contribution in [1.29, 1.82) is 0 Å². The lowest BCUT2D eigenvalue weighted by atomic mass is 9.95. The van der Waals surface area contributed by atoms with Crippen LogP contribution < -0.4 is 35.0 Å². The van der Waals surface area contributed by atoms with Crippen LogP contribution in [0.4, 0.5) is 4.79 Å². The van der Waals surface area contributed by atoms with Crippen molar-refractivity contribution in [2.45, 2.75) is 40.0 Å². The van der Waals surface area contributed by atoms with E-state index in [9.17, 15) is 14.7 Å². The molecule has 0 aliphatic carbocycles. The van der Waals surface area contributed by atoms with Crippen LogP contribution in [0.15, 0.2) is 52.8 Å². The lowest BCUT2D eigenvalue weighted by Gasteiger charge is -2.28. The predicted molar refractivity (Wildman–Crippen MR) is 148 cm³/mol. The Morgan fingerprint density at radius 2 is 1.62 bits per heavy atom. The Balaban J connectivity index is 1.68. The first-order valence-electron chi connectivity index (χ1n) is 12.9. The maximum Gasteiger partial charge on any atom is 0.337 e. The SMILES string of the molecule is CCOc1ccc(/C=N\N[C@@H](O)COc2ccc([C@@H]3NC(=O)NC(C)=C3C(=O)OC)cc2OCC)cc1OCC. The zero-order chi connectivity index (χ0) is 29.1. The van der Waals surface area contributed by atoms with E-state index >= 15 is 0 Å². The number of hydrazone groups is 1. The summed E-state index contributed by atoms with van der Waals surface area (Å²) in [5, 5.41) is 19.8.